The molecule has 0 N–H and O–H groups in total. The van der Waals surface area contributed by atoms with Gasteiger partial charge in [-0.2, -0.15) is 0 Å². The van der Waals surface area contributed by atoms with E-state index in [0.717, 1.165) is 49.7 Å². The first kappa shape index (κ1) is 18.2. The number of halogens is 1. The first-order valence-corrected chi connectivity index (χ1v) is 10.1. The van der Waals surface area contributed by atoms with Crippen LogP contribution in [0.2, 0.25) is 5.02 Å². The van der Waals surface area contributed by atoms with Crippen molar-refractivity contribution in [2.24, 2.45) is 0 Å². The van der Waals surface area contributed by atoms with E-state index in [1.165, 1.54) is 11.3 Å². The van der Waals surface area contributed by atoms with Crippen molar-refractivity contribution in [2.45, 2.75) is 25.8 Å². The number of hydrogen-bond acceptors (Lipinski definition) is 3. The number of hydrogen-bond donors (Lipinski definition) is 0. The van der Waals surface area contributed by atoms with E-state index in [9.17, 15) is 4.79 Å². The van der Waals surface area contributed by atoms with E-state index >= 15 is 0 Å². The second kappa shape index (κ2) is 7.81. The zero-order chi connectivity index (χ0) is 18.8. The Morgan fingerprint density at radius 1 is 1.07 bits per heavy atom. The number of aryl methyl sites for hydroxylation is 1. The lowest BCUT2D eigenvalue weighted by molar-refractivity contribution is -0.130. The van der Waals surface area contributed by atoms with Crippen LogP contribution in [0.15, 0.2) is 48.5 Å². The molecule has 0 spiro atoms. The van der Waals surface area contributed by atoms with Crippen molar-refractivity contribution in [3.63, 3.8) is 0 Å². The summed E-state index contributed by atoms with van der Waals surface area (Å²) in [5.41, 5.74) is 3.71. The Hall–Kier alpha value is -2.20. The number of carbonyl (C=O) groups excluding carboxylic acids is 1. The number of para-hydroxylation sites is 1. The average molecular weight is 384 g/mol. The zero-order valence-electron chi connectivity index (χ0n) is 15.8. The van der Waals surface area contributed by atoms with Crippen LogP contribution in [0.25, 0.3) is 0 Å². The highest BCUT2D eigenvalue weighted by molar-refractivity contribution is 6.30. The molecule has 142 valence electrons. The summed E-state index contributed by atoms with van der Waals surface area (Å²) >= 11 is 6.11. The molecule has 2 aromatic carbocycles. The fourth-order valence-corrected chi connectivity index (χ4v) is 4.32. The summed E-state index contributed by atoms with van der Waals surface area (Å²) in [6.07, 6.45) is 2.20. The lowest BCUT2D eigenvalue weighted by atomic mass is 9.96. The third kappa shape index (κ3) is 3.91. The molecule has 2 aliphatic rings. The number of rotatable bonds is 3. The number of amides is 1. The molecule has 1 saturated heterocycles. The minimum Gasteiger partial charge on any atom is -0.368 e. The largest absolute Gasteiger partial charge is 0.368 e. The van der Waals surface area contributed by atoms with Crippen LogP contribution >= 0.6 is 11.6 Å². The molecule has 0 aliphatic carbocycles. The van der Waals surface area contributed by atoms with Gasteiger partial charge in [0.05, 0.1) is 6.54 Å². The first-order chi connectivity index (χ1) is 13.1. The van der Waals surface area contributed by atoms with E-state index in [1.807, 2.05) is 23.1 Å². The molecule has 0 bridgehead atoms. The summed E-state index contributed by atoms with van der Waals surface area (Å²) in [6, 6.07) is 16.8. The molecule has 2 aromatic rings. The second-order valence-electron chi connectivity index (χ2n) is 7.49. The molecule has 0 radical (unpaired) electrons. The standard InChI is InChI=1S/C22H26ClN3O/c1-17-9-10-18-5-2-3-8-21(18)26(17)16-22(27)25-13-11-24(12-14-25)20-7-4-6-19(23)15-20/h2-8,15,17H,9-14,16H2,1H3/t17-/m1/s1. The number of anilines is 2. The maximum absolute atomic E-state index is 13.0. The van der Waals surface area contributed by atoms with Crippen LogP contribution in [0, 0.1) is 0 Å². The minimum atomic E-state index is 0.226. The lowest BCUT2D eigenvalue weighted by Gasteiger charge is -2.40. The molecule has 1 amide bonds. The van der Waals surface area contributed by atoms with E-state index in [1.54, 1.807) is 0 Å². The van der Waals surface area contributed by atoms with Gasteiger partial charge in [-0.1, -0.05) is 35.9 Å². The topological polar surface area (TPSA) is 26.8 Å². The molecule has 2 heterocycles. The first-order valence-electron chi connectivity index (χ1n) is 9.74. The van der Waals surface area contributed by atoms with Crippen LogP contribution in [0.3, 0.4) is 0 Å². The number of fused-ring (bicyclic) bond motifs is 1. The van der Waals surface area contributed by atoms with Crippen LogP contribution in [0.5, 0.6) is 0 Å². The average Bonchev–Trinajstić information content (AvgIpc) is 2.70. The van der Waals surface area contributed by atoms with Crippen LogP contribution in [0.1, 0.15) is 18.9 Å². The van der Waals surface area contributed by atoms with Gasteiger partial charge in [-0.3, -0.25) is 4.79 Å². The van der Waals surface area contributed by atoms with E-state index in [-0.39, 0.29) is 5.91 Å². The zero-order valence-corrected chi connectivity index (χ0v) is 16.5. The molecule has 1 atom stereocenters. The van der Waals surface area contributed by atoms with Gasteiger partial charge < -0.3 is 14.7 Å². The monoisotopic (exact) mass is 383 g/mol. The van der Waals surface area contributed by atoms with Gasteiger partial charge in [-0.15, -0.1) is 0 Å². The second-order valence-corrected chi connectivity index (χ2v) is 7.93. The highest BCUT2D eigenvalue weighted by Gasteiger charge is 2.28. The Kier molecular flexibility index (Phi) is 5.26. The Bertz CT molecular complexity index is 817. The summed E-state index contributed by atoms with van der Waals surface area (Å²) in [4.78, 5) is 19.6. The summed E-state index contributed by atoms with van der Waals surface area (Å²) < 4.78 is 0. The number of nitrogens with zero attached hydrogens (tertiary/aromatic N) is 3. The van der Waals surface area contributed by atoms with E-state index in [4.69, 9.17) is 11.6 Å². The molecule has 0 unspecified atom stereocenters. The maximum Gasteiger partial charge on any atom is 0.242 e. The van der Waals surface area contributed by atoms with Crippen LogP contribution in [-0.4, -0.2) is 49.6 Å². The molecule has 2 aliphatic heterocycles. The molecular formula is C22H26ClN3O. The van der Waals surface area contributed by atoms with Crippen molar-refractivity contribution in [1.29, 1.82) is 0 Å². The Balaban J connectivity index is 1.39. The number of benzene rings is 2. The lowest BCUT2D eigenvalue weighted by Crippen LogP contribution is -2.52. The van der Waals surface area contributed by atoms with Crippen molar-refractivity contribution < 1.29 is 4.79 Å². The fourth-order valence-electron chi connectivity index (χ4n) is 4.13. The predicted molar refractivity (Wildman–Crippen MR) is 112 cm³/mol. The Morgan fingerprint density at radius 2 is 1.85 bits per heavy atom. The fraction of sp³-hybridized carbons (Fsp3) is 0.409. The molecule has 27 heavy (non-hydrogen) atoms. The van der Waals surface area contributed by atoms with Gasteiger partial charge in [0.15, 0.2) is 0 Å². The van der Waals surface area contributed by atoms with E-state index in [2.05, 4.69) is 47.1 Å². The Labute approximate surface area is 166 Å². The van der Waals surface area contributed by atoms with Gasteiger partial charge in [0.25, 0.3) is 0 Å². The molecule has 5 heteroatoms. The van der Waals surface area contributed by atoms with Gasteiger partial charge >= 0.3 is 0 Å². The van der Waals surface area contributed by atoms with Crippen LogP contribution in [-0.2, 0) is 11.2 Å². The van der Waals surface area contributed by atoms with Gasteiger partial charge in [-0.05, 0) is 49.6 Å². The summed E-state index contributed by atoms with van der Waals surface area (Å²) in [5.74, 6) is 0.226. The molecule has 4 nitrogen and oxygen atoms in total. The van der Waals surface area contributed by atoms with Gasteiger partial charge in [0.1, 0.15) is 0 Å². The minimum absolute atomic E-state index is 0.226. The van der Waals surface area contributed by atoms with Crippen LogP contribution in [0.4, 0.5) is 11.4 Å². The Morgan fingerprint density at radius 3 is 2.63 bits per heavy atom. The SMILES string of the molecule is C[C@@H]1CCc2ccccc2N1CC(=O)N1CCN(c2cccc(Cl)c2)CC1. The van der Waals surface area contributed by atoms with E-state index < -0.39 is 0 Å². The van der Waals surface area contributed by atoms with Crippen molar-refractivity contribution in [2.75, 3.05) is 42.5 Å². The normalized spacial score (nSPS) is 19.8. The predicted octanol–water partition coefficient (Wildman–Crippen LogP) is 3.83. The van der Waals surface area contributed by atoms with Gasteiger partial charge in [-0.25, -0.2) is 0 Å². The van der Waals surface area contributed by atoms with E-state index in [0.29, 0.717) is 12.6 Å². The quantitative estimate of drug-likeness (QED) is 0.805. The van der Waals surface area contributed by atoms with Crippen molar-refractivity contribution in [3.8, 4) is 0 Å². The smallest absolute Gasteiger partial charge is 0.242 e. The molecule has 4 rings (SSSR count). The summed E-state index contributed by atoms with van der Waals surface area (Å²) in [6.45, 7) is 5.90. The molecule has 0 saturated carbocycles. The van der Waals surface area contributed by atoms with Crippen molar-refractivity contribution in [3.05, 3.63) is 59.1 Å². The highest BCUT2D eigenvalue weighted by atomic mass is 35.5. The summed E-state index contributed by atoms with van der Waals surface area (Å²) in [7, 11) is 0. The van der Waals surface area contributed by atoms with Gasteiger partial charge in [0, 0.05) is 48.6 Å². The highest BCUT2D eigenvalue weighted by Crippen LogP contribution is 2.30. The number of carbonyl (C=O) groups is 1. The summed E-state index contributed by atoms with van der Waals surface area (Å²) in [5, 5.41) is 0.753. The third-order valence-corrected chi connectivity index (χ3v) is 6.01. The maximum atomic E-state index is 13.0. The van der Waals surface area contributed by atoms with Crippen molar-refractivity contribution in [1.82, 2.24) is 4.90 Å². The molecule has 0 aromatic heterocycles. The molecule has 1 fully saturated rings. The number of piperazine rings is 1. The van der Waals surface area contributed by atoms with Crippen molar-refractivity contribution >= 4 is 28.9 Å². The third-order valence-electron chi connectivity index (χ3n) is 5.78. The van der Waals surface area contributed by atoms with Gasteiger partial charge in [0.2, 0.25) is 5.91 Å². The van der Waals surface area contributed by atoms with Crippen LogP contribution < -0.4 is 9.80 Å². The molecular weight excluding hydrogens is 358 g/mol.